The Morgan fingerprint density at radius 2 is 2.08 bits per heavy atom. The molecule has 1 aliphatic heterocycles. The minimum absolute atomic E-state index is 0.0898. The van der Waals surface area contributed by atoms with E-state index < -0.39 is 10.0 Å². The first-order chi connectivity index (χ1) is 12.5. The molecule has 1 N–H and O–H groups in total. The fourth-order valence-corrected chi connectivity index (χ4v) is 4.45. The minimum Gasteiger partial charge on any atom is -0.464 e. The second kappa shape index (κ2) is 7.86. The Morgan fingerprint density at radius 1 is 1.31 bits per heavy atom. The van der Waals surface area contributed by atoms with Crippen molar-refractivity contribution in [2.45, 2.75) is 26.2 Å². The maximum absolute atomic E-state index is 12.1. The zero-order valence-electron chi connectivity index (χ0n) is 14.6. The van der Waals surface area contributed by atoms with Crippen LogP contribution in [-0.4, -0.2) is 33.4 Å². The van der Waals surface area contributed by atoms with E-state index in [2.05, 4.69) is 9.71 Å². The summed E-state index contributed by atoms with van der Waals surface area (Å²) >= 11 is 0. The number of aliphatic imine (C=N–C) groups is 1. The first kappa shape index (κ1) is 18.4. The summed E-state index contributed by atoms with van der Waals surface area (Å²) in [5.41, 5.74) is 1.81. The van der Waals surface area contributed by atoms with Crippen molar-refractivity contribution in [2.75, 3.05) is 13.2 Å². The number of carbonyl (C=O) groups is 1. The van der Waals surface area contributed by atoms with Gasteiger partial charge >= 0.3 is 5.97 Å². The van der Waals surface area contributed by atoms with Gasteiger partial charge in [0.25, 0.3) is 10.0 Å². The summed E-state index contributed by atoms with van der Waals surface area (Å²) in [7, 11) is -3.52. The number of ether oxygens (including phenoxy) is 1. The number of nitrogens with one attached hydrogen (secondary N) is 1. The van der Waals surface area contributed by atoms with Crippen molar-refractivity contribution in [3.05, 3.63) is 58.5 Å². The summed E-state index contributed by atoms with van der Waals surface area (Å²) in [5, 5.41) is 0. The Balaban J connectivity index is 1.50. The summed E-state index contributed by atoms with van der Waals surface area (Å²) in [6.45, 7) is 2.33. The third kappa shape index (κ3) is 4.22. The van der Waals surface area contributed by atoms with Crippen molar-refractivity contribution in [1.82, 2.24) is 4.72 Å². The van der Waals surface area contributed by atoms with E-state index in [0.29, 0.717) is 23.6 Å². The lowest BCUT2D eigenvalue weighted by Crippen LogP contribution is -2.25. The molecule has 6 nitrogen and oxygen atoms in total. The number of carbonyl (C=O) groups excluding carboxylic acids is 1. The van der Waals surface area contributed by atoms with E-state index in [1.54, 1.807) is 6.08 Å². The monoisotopic (exact) mass is 374 g/mol. The number of nitrogens with zero attached hydrogens (tertiary/aromatic N) is 1. The van der Waals surface area contributed by atoms with E-state index in [0.717, 1.165) is 17.6 Å². The third-order valence-electron chi connectivity index (χ3n) is 4.38. The number of hydrogen-bond acceptors (Lipinski definition) is 5. The van der Waals surface area contributed by atoms with Crippen LogP contribution in [0.2, 0.25) is 0 Å². The number of benzene rings is 1. The van der Waals surface area contributed by atoms with Crippen LogP contribution >= 0.6 is 0 Å². The standard InChI is InChI=1S/C19H22N2O4S/c1-14-6-5-9-16-18(14)19(21-26(16,23)24)20-12-13-25-17(22)11-10-15-7-3-2-4-8-15/h2-5,7-9,14H,6,10-13H2,1H3,(H,20,21). The van der Waals surface area contributed by atoms with E-state index in [4.69, 9.17) is 4.74 Å². The molecular formula is C19H22N2O4S. The van der Waals surface area contributed by atoms with Gasteiger partial charge in [0.2, 0.25) is 0 Å². The molecule has 0 saturated heterocycles. The number of aryl methyl sites for hydroxylation is 1. The fraction of sp³-hybridized carbons (Fsp3) is 0.368. The molecule has 26 heavy (non-hydrogen) atoms. The van der Waals surface area contributed by atoms with Gasteiger partial charge in [-0.05, 0) is 30.4 Å². The van der Waals surface area contributed by atoms with Crippen LogP contribution in [-0.2, 0) is 26.0 Å². The Kier molecular flexibility index (Phi) is 5.56. The molecule has 0 aromatic heterocycles. The van der Waals surface area contributed by atoms with Gasteiger partial charge in [0.15, 0.2) is 0 Å². The van der Waals surface area contributed by atoms with Crippen molar-refractivity contribution in [1.29, 1.82) is 0 Å². The van der Waals surface area contributed by atoms with E-state index in [9.17, 15) is 13.2 Å². The second-order valence-electron chi connectivity index (χ2n) is 6.36. The average molecular weight is 374 g/mol. The molecule has 7 heteroatoms. The molecule has 0 bridgehead atoms. The zero-order chi connectivity index (χ0) is 18.6. The lowest BCUT2D eigenvalue weighted by Gasteiger charge is -2.14. The van der Waals surface area contributed by atoms with Gasteiger partial charge in [-0.15, -0.1) is 0 Å². The quantitative estimate of drug-likeness (QED) is 0.612. The van der Waals surface area contributed by atoms with Crippen LogP contribution < -0.4 is 4.72 Å². The highest BCUT2D eigenvalue weighted by molar-refractivity contribution is 7.94. The van der Waals surface area contributed by atoms with Crippen LogP contribution in [0.1, 0.15) is 25.3 Å². The summed E-state index contributed by atoms with van der Waals surface area (Å²) in [5.74, 6) is 0.180. The van der Waals surface area contributed by atoms with Crippen molar-refractivity contribution in [3.63, 3.8) is 0 Å². The Labute approximate surface area is 153 Å². The third-order valence-corrected chi connectivity index (χ3v) is 5.77. The summed E-state index contributed by atoms with van der Waals surface area (Å²) in [6, 6.07) is 9.74. The van der Waals surface area contributed by atoms with Crippen molar-refractivity contribution >= 4 is 21.8 Å². The van der Waals surface area contributed by atoms with Crippen LogP contribution in [0.3, 0.4) is 0 Å². The maximum Gasteiger partial charge on any atom is 0.306 e. The van der Waals surface area contributed by atoms with E-state index in [1.807, 2.05) is 43.3 Å². The van der Waals surface area contributed by atoms with Gasteiger partial charge in [-0.2, -0.15) is 0 Å². The normalized spacial score (nSPS) is 22.2. The SMILES string of the molecule is CC1CC=CC2=C1C(=NCCOC(=O)CCc1ccccc1)NS2(=O)=O. The second-order valence-corrected chi connectivity index (χ2v) is 8.01. The number of rotatable bonds is 6. The van der Waals surface area contributed by atoms with Gasteiger partial charge in [0.05, 0.1) is 11.4 Å². The fourth-order valence-electron chi connectivity index (χ4n) is 3.05. The molecule has 1 unspecified atom stereocenters. The molecule has 138 valence electrons. The summed E-state index contributed by atoms with van der Waals surface area (Å²) in [4.78, 5) is 16.4. The highest BCUT2D eigenvalue weighted by atomic mass is 32.2. The molecule has 0 amide bonds. The number of sulfonamides is 1. The molecular weight excluding hydrogens is 352 g/mol. The Bertz CT molecular complexity index is 870. The highest BCUT2D eigenvalue weighted by Crippen LogP contribution is 2.32. The van der Waals surface area contributed by atoms with Gasteiger partial charge in [-0.25, -0.2) is 8.42 Å². The Hall–Kier alpha value is -2.41. The number of allylic oxidation sites excluding steroid dienone is 2. The first-order valence-electron chi connectivity index (χ1n) is 8.65. The van der Waals surface area contributed by atoms with Gasteiger partial charge in [0.1, 0.15) is 12.4 Å². The molecule has 1 aromatic carbocycles. The molecule has 0 saturated carbocycles. The largest absolute Gasteiger partial charge is 0.464 e. The van der Waals surface area contributed by atoms with Gasteiger partial charge < -0.3 is 4.74 Å². The van der Waals surface area contributed by atoms with E-state index in [-0.39, 0.29) is 25.0 Å². The number of esters is 1. The maximum atomic E-state index is 12.1. The first-order valence-corrected chi connectivity index (χ1v) is 10.1. The van der Waals surface area contributed by atoms with Crippen LogP contribution in [0.4, 0.5) is 0 Å². The van der Waals surface area contributed by atoms with Crippen LogP contribution in [0.25, 0.3) is 0 Å². The molecule has 3 rings (SSSR count). The van der Waals surface area contributed by atoms with Gasteiger partial charge in [-0.3, -0.25) is 14.5 Å². The summed E-state index contributed by atoms with van der Waals surface area (Å²) < 4.78 is 31.9. The smallest absolute Gasteiger partial charge is 0.306 e. The molecule has 1 atom stereocenters. The molecule has 0 radical (unpaired) electrons. The van der Waals surface area contributed by atoms with E-state index in [1.165, 1.54) is 0 Å². The molecule has 2 aliphatic rings. The van der Waals surface area contributed by atoms with Crippen LogP contribution in [0.5, 0.6) is 0 Å². The molecule has 1 aliphatic carbocycles. The highest BCUT2D eigenvalue weighted by Gasteiger charge is 2.36. The molecule has 1 heterocycles. The van der Waals surface area contributed by atoms with Crippen molar-refractivity contribution in [2.24, 2.45) is 10.9 Å². The summed E-state index contributed by atoms with van der Waals surface area (Å²) in [6.07, 6.45) is 5.21. The molecule has 0 spiro atoms. The number of amidine groups is 1. The van der Waals surface area contributed by atoms with Gasteiger partial charge in [0, 0.05) is 12.0 Å². The van der Waals surface area contributed by atoms with Crippen LogP contribution in [0.15, 0.2) is 58.0 Å². The topological polar surface area (TPSA) is 84.8 Å². The van der Waals surface area contributed by atoms with E-state index >= 15 is 0 Å². The van der Waals surface area contributed by atoms with Gasteiger partial charge in [-0.1, -0.05) is 43.3 Å². The number of hydrogen-bond donors (Lipinski definition) is 1. The van der Waals surface area contributed by atoms with Crippen LogP contribution in [0, 0.1) is 5.92 Å². The predicted molar refractivity (Wildman–Crippen MR) is 100 cm³/mol. The van der Waals surface area contributed by atoms with Crippen molar-refractivity contribution < 1.29 is 17.9 Å². The predicted octanol–water partition coefficient (Wildman–Crippen LogP) is 2.34. The molecule has 1 aromatic rings. The van der Waals surface area contributed by atoms with Crippen molar-refractivity contribution in [3.8, 4) is 0 Å². The average Bonchev–Trinajstić information content (AvgIpc) is 2.89. The zero-order valence-corrected chi connectivity index (χ0v) is 15.5. The minimum atomic E-state index is -3.52. The lowest BCUT2D eigenvalue weighted by atomic mass is 9.92. The molecule has 0 fully saturated rings. The Morgan fingerprint density at radius 3 is 2.85 bits per heavy atom. The lowest BCUT2D eigenvalue weighted by molar-refractivity contribution is -0.143.